The van der Waals surface area contributed by atoms with Crippen LogP contribution < -0.4 is 11.1 Å². The highest BCUT2D eigenvalue weighted by Gasteiger charge is 2.28. The minimum atomic E-state index is -1.36. The lowest BCUT2D eigenvalue weighted by molar-refractivity contribution is 0.167. The number of hydrogen-bond donors (Lipinski definition) is 3. The molecule has 0 spiro atoms. The predicted molar refractivity (Wildman–Crippen MR) is 132 cm³/mol. The number of carbonyl (C=O) groups is 2. The van der Waals surface area contributed by atoms with E-state index in [1.807, 2.05) is 29.6 Å². The third-order valence-electron chi connectivity index (χ3n) is 6.06. The first-order valence-corrected chi connectivity index (χ1v) is 11.7. The maximum Gasteiger partial charge on any atom is 0.412 e. The van der Waals surface area contributed by atoms with Crippen LogP contribution >= 0.6 is 15.9 Å². The lowest BCUT2D eigenvalue weighted by atomic mass is 9.93. The van der Waals surface area contributed by atoms with Crippen molar-refractivity contribution < 1.29 is 14.7 Å². The number of nitrogens with zero attached hydrogens (tertiary/aromatic N) is 6. The van der Waals surface area contributed by atoms with Crippen molar-refractivity contribution in [2.45, 2.75) is 18.8 Å². The van der Waals surface area contributed by atoms with E-state index in [1.165, 1.54) is 4.90 Å². The van der Waals surface area contributed by atoms with E-state index < -0.39 is 12.1 Å². The van der Waals surface area contributed by atoms with E-state index in [-0.39, 0.29) is 5.92 Å². The minimum absolute atomic E-state index is 0.0411. The number of carboxylic acid groups (broad SMARTS) is 1. The Hall–Kier alpha value is -4.06. The number of nitrogens with one attached hydrogen (secondary N) is 1. The Morgan fingerprint density at radius 1 is 1.11 bits per heavy atom. The fourth-order valence-corrected chi connectivity index (χ4v) is 4.83. The van der Waals surface area contributed by atoms with Crippen molar-refractivity contribution in [1.29, 1.82) is 0 Å². The highest BCUT2D eigenvalue weighted by Crippen LogP contribution is 2.37. The first kappa shape index (κ1) is 22.7. The Morgan fingerprint density at radius 2 is 1.91 bits per heavy atom. The predicted octanol–water partition coefficient (Wildman–Crippen LogP) is 3.77. The molecule has 3 amide bonds. The van der Waals surface area contributed by atoms with Gasteiger partial charge in [0.25, 0.3) is 0 Å². The van der Waals surface area contributed by atoms with Gasteiger partial charge in [-0.1, -0.05) is 6.07 Å². The zero-order valence-electron chi connectivity index (χ0n) is 18.4. The third kappa shape index (κ3) is 4.39. The molecule has 0 bridgehead atoms. The molecule has 1 aliphatic heterocycles. The number of rotatable bonds is 3. The number of imide groups is 1. The topological polar surface area (TPSA) is 152 Å². The molecule has 4 aromatic rings. The number of pyridine rings is 2. The molecule has 5 heterocycles. The first-order valence-electron chi connectivity index (χ1n) is 10.9. The highest BCUT2D eigenvalue weighted by molar-refractivity contribution is 9.10. The summed E-state index contributed by atoms with van der Waals surface area (Å²) in [5.41, 5.74) is 11.2. The number of urea groups is 1. The lowest BCUT2D eigenvalue weighted by Crippen LogP contribution is -2.45. The number of carbonyl (C=O) groups excluding carboxylic acids is 1. The number of nitrogen functional groups attached to an aromatic ring is 1. The Kier molecular flexibility index (Phi) is 6.03. The molecule has 1 aliphatic rings. The van der Waals surface area contributed by atoms with Crippen LogP contribution in [-0.4, -0.2) is 59.8 Å². The van der Waals surface area contributed by atoms with Crippen LogP contribution in [0, 0.1) is 0 Å². The molecular formula is C23H21BrN8O3. The van der Waals surface area contributed by atoms with Crippen LogP contribution in [0.2, 0.25) is 0 Å². The van der Waals surface area contributed by atoms with Crippen LogP contribution in [0.15, 0.2) is 53.5 Å². The van der Waals surface area contributed by atoms with E-state index in [4.69, 9.17) is 15.8 Å². The number of halogens is 1. The Bertz CT molecular complexity index is 1400. The standard InChI is InChI=1S/C23H21BrN8O3/c24-18-19(13-5-8-31(9-6-13)22(33)30-23(34)35)29-21-16(12-28-32(21)20(18)25)14-3-4-17(27-11-14)15-2-1-7-26-10-15/h1-4,7,10-13H,5-6,8-9,25H2,(H,30,33)(H,34,35). The van der Waals surface area contributed by atoms with Gasteiger partial charge in [0.2, 0.25) is 0 Å². The highest BCUT2D eigenvalue weighted by atomic mass is 79.9. The molecule has 0 saturated carbocycles. The van der Waals surface area contributed by atoms with E-state index in [0.717, 1.165) is 28.1 Å². The fraction of sp³-hybridized carbons (Fsp3) is 0.217. The molecule has 1 saturated heterocycles. The van der Waals surface area contributed by atoms with Crippen molar-refractivity contribution in [2.24, 2.45) is 0 Å². The zero-order valence-corrected chi connectivity index (χ0v) is 20.0. The van der Waals surface area contributed by atoms with Crippen LogP contribution in [0.5, 0.6) is 0 Å². The minimum Gasteiger partial charge on any atom is -0.465 e. The number of fused-ring (bicyclic) bond motifs is 1. The molecule has 0 radical (unpaired) electrons. The van der Waals surface area contributed by atoms with Crippen LogP contribution in [0.3, 0.4) is 0 Å². The average molecular weight is 537 g/mol. The van der Waals surface area contributed by atoms with Gasteiger partial charge in [-0.3, -0.25) is 9.97 Å². The van der Waals surface area contributed by atoms with E-state index >= 15 is 0 Å². The van der Waals surface area contributed by atoms with Gasteiger partial charge in [-0.2, -0.15) is 9.61 Å². The Morgan fingerprint density at radius 3 is 2.57 bits per heavy atom. The fourth-order valence-electron chi connectivity index (χ4n) is 4.25. The van der Waals surface area contributed by atoms with Crippen molar-refractivity contribution in [3.8, 4) is 22.4 Å². The van der Waals surface area contributed by atoms with Crippen LogP contribution in [-0.2, 0) is 0 Å². The number of anilines is 1. The molecule has 0 aromatic carbocycles. The van der Waals surface area contributed by atoms with Crippen LogP contribution in [0.1, 0.15) is 24.5 Å². The van der Waals surface area contributed by atoms with E-state index in [2.05, 4.69) is 31.0 Å². The number of aromatic nitrogens is 5. The van der Waals surface area contributed by atoms with Crippen LogP contribution in [0.25, 0.3) is 28.0 Å². The Balaban J connectivity index is 1.43. The summed E-state index contributed by atoms with van der Waals surface area (Å²) in [4.78, 5) is 37.9. The van der Waals surface area contributed by atoms with Gasteiger partial charge in [0.05, 0.1) is 22.1 Å². The molecule has 12 heteroatoms. The van der Waals surface area contributed by atoms with Gasteiger partial charge in [0, 0.05) is 54.3 Å². The second-order valence-corrected chi connectivity index (χ2v) is 8.95. The molecule has 0 atom stereocenters. The van der Waals surface area contributed by atoms with Crippen molar-refractivity contribution >= 4 is 39.5 Å². The largest absolute Gasteiger partial charge is 0.465 e. The quantitative estimate of drug-likeness (QED) is 0.357. The summed E-state index contributed by atoms with van der Waals surface area (Å²) < 4.78 is 2.26. The SMILES string of the molecule is Nc1c(Br)c(C2CCN(C(=O)NC(=O)O)CC2)nc2c(-c3ccc(-c4cccnc4)nc3)cnn12. The normalized spacial score (nSPS) is 14.3. The molecule has 4 N–H and O–H groups in total. The van der Waals surface area contributed by atoms with Gasteiger partial charge in [0.1, 0.15) is 5.82 Å². The van der Waals surface area contributed by atoms with E-state index in [1.54, 1.807) is 29.3 Å². The molecular weight excluding hydrogens is 516 g/mol. The van der Waals surface area contributed by atoms with Gasteiger partial charge < -0.3 is 15.7 Å². The summed E-state index contributed by atoms with van der Waals surface area (Å²) >= 11 is 3.58. The van der Waals surface area contributed by atoms with Crippen LogP contribution in [0.4, 0.5) is 15.4 Å². The van der Waals surface area contributed by atoms with Gasteiger partial charge >= 0.3 is 12.1 Å². The smallest absolute Gasteiger partial charge is 0.412 e. The number of amides is 3. The van der Waals surface area contributed by atoms with E-state index in [0.29, 0.717) is 41.9 Å². The van der Waals surface area contributed by atoms with Crippen molar-refractivity contribution in [3.63, 3.8) is 0 Å². The summed E-state index contributed by atoms with van der Waals surface area (Å²) in [7, 11) is 0. The molecule has 0 aliphatic carbocycles. The van der Waals surface area contributed by atoms with Crippen molar-refractivity contribution in [1.82, 2.24) is 34.8 Å². The monoisotopic (exact) mass is 536 g/mol. The summed E-state index contributed by atoms with van der Waals surface area (Å²) in [6, 6.07) is 7.10. The maximum atomic E-state index is 12.0. The zero-order chi connectivity index (χ0) is 24.5. The summed E-state index contributed by atoms with van der Waals surface area (Å²) in [6.45, 7) is 0.823. The summed E-state index contributed by atoms with van der Waals surface area (Å²) in [5, 5.41) is 15.1. The summed E-state index contributed by atoms with van der Waals surface area (Å²) in [6.07, 6.45) is 6.86. The van der Waals surface area contributed by atoms with Gasteiger partial charge in [-0.15, -0.1) is 0 Å². The molecule has 1 fully saturated rings. The van der Waals surface area contributed by atoms with E-state index in [9.17, 15) is 9.59 Å². The summed E-state index contributed by atoms with van der Waals surface area (Å²) in [5.74, 6) is 0.474. The number of nitrogens with two attached hydrogens (primary N) is 1. The number of hydrogen-bond acceptors (Lipinski definition) is 7. The molecule has 11 nitrogen and oxygen atoms in total. The maximum absolute atomic E-state index is 12.0. The van der Waals surface area contributed by atoms with Gasteiger partial charge in [-0.25, -0.2) is 19.9 Å². The molecule has 35 heavy (non-hydrogen) atoms. The van der Waals surface area contributed by atoms with Crippen molar-refractivity contribution in [2.75, 3.05) is 18.8 Å². The van der Waals surface area contributed by atoms with Gasteiger partial charge in [0.15, 0.2) is 5.65 Å². The molecule has 0 unspecified atom stereocenters. The second kappa shape index (κ2) is 9.29. The third-order valence-corrected chi connectivity index (χ3v) is 6.88. The number of piperidine rings is 1. The molecule has 4 aromatic heterocycles. The lowest BCUT2D eigenvalue weighted by Gasteiger charge is -2.31. The average Bonchev–Trinajstić information content (AvgIpc) is 3.31. The first-order chi connectivity index (χ1) is 16.9. The molecule has 178 valence electrons. The number of likely N-dealkylation sites (tertiary alicyclic amines) is 1. The Labute approximate surface area is 208 Å². The van der Waals surface area contributed by atoms with Crippen molar-refractivity contribution in [3.05, 3.63) is 59.2 Å². The van der Waals surface area contributed by atoms with Gasteiger partial charge in [-0.05, 0) is 47.0 Å². The molecule has 5 rings (SSSR count). The second-order valence-electron chi connectivity index (χ2n) is 8.16.